The predicted octanol–water partition coefficient (Wildman–Crippen LogP) is 1.94. The van der Waals surface area contributed by atoms with Crippen molar-refractivity contribution in [2.45, 2.75) is 33.2 Å². The first-order valence-electron chi connectivity index (χ1n) is 6.01. The molecule has 0 aliphatic carbocycles. The standard InChI is InChI=1S/C11H25NO3Si/c1-4-13-16(14-5-2,15-6-3)11-9-7-8-10-12/h7-8H,4-6,9-12H2,1-3H3. The van der Waals surface area contributed by atoms with Gasteiger partial charge in [0.05, 0.1) is 0 Å². The van der Waals surface area contributed by atoms with Crippen LogP contribution in [0.15, 0.2) is 12.2 Å². The lowest BCUT2D eigenvalue weighted by molar-refractivity contribution is 0.0716. The Kier molecular flexibility index (Phi) is 9.86. The maximum atomic E-state index is 5.72. The molecule has 0 atom stereocenters. The second kappa shape index (κ2) is 9.98. The van der Waals surface area contributed by atoms with Gasteiger partial charge in [-0.2, -0.15) is 0 Å². The van der Waals surface area contributed by atoms with Crippen LogP contribution in [0.3, 0.4) is 0 Å². The van der Waals surface area contributed by atoms with Crippen LogP contribution in [0.25, 0.3) is 0 Å². The van der Waals surface area contributed by atoms with Crippen molar-refractivity contribution in [3.63, 3.8) is 0 Å². The summed E-state index contributed by atoms with van der Waals surface area (Å²) in [6.45, 7) is 8.37. The average molecular weight is 247 g/mol. The molecular weight excluding hydrogens is 222 g/mol. The van der Waals surface area contributed by atoms with Gasteiger partial charge in [-0.3, -0.25) is 0 Å². The Labute approximate surface area is 100 Å². The van der Waals surface area contributed by atoms with Crippen LogP contribution < -0.4 is 5.73 Å². The molecule has 0 rings (SSSR count). The molecule has 96 valence electrons. The molecule has 0 aromatic rings. The van der Waals surface area contributed by atoms with Crippen molar-refractivity contribution in [3.05, 3.63) is 12.2 Å². The van der Waals surface area contributed by atoms with Gasteiger partial charge in [0.1, 0.15) is 0 Å². The number of nitrogens with two attached hydrogens (primary N) is 1. The van der Waals surface area contributed by atoms with Gasteiger partial charge in [0.2, 0.25) is 0 Å². The number of hydrogen-bond donors (Lipinski definition) is 1. The summed E-state index contributed by atoms with van der Waals surface area (Å²) in [5.41, 5.74) is 5.39. The highest BCUT2D eigenvalue weighted by molar-refractivity contribution is 6.60. The molecule has 0 saturated heterocycles. The van der Waals surface area contributed by atoms with Crippen LogP contribution in [0.1, 0.15) is 27.2 Å². The fourth-order valence-corrected chi connectivity index (χ4v) is 4.00. The number of allylic oxidation sites excluding steroid dienone is 1. The number of hydrogen-bond acceptors (Lipinski definition) is 4. The minimum atomic E-state index is -2.44. The van der Waals surface area contributed by atoms with E-state index < -0.39 is 8.80 Å². The van der Waals surface area contributed by atoms with Crippen LogP contribution >= 0.6 is 0 Å². The van der Waals surface area contributed by atoms with Crippen molar-refractivity contribution in [2.24, 2.45) is 5.73 Å². The molecular formula is C11H25NO3Si. The molecule has 0 unspecified atom stereocenters. The summed E-state index contributed by atoms with van der Waals surface area (Å²) in [4.78, 5) is 0. The third kappa shape index (κ3) is 6.39. The third-order valence-corrected chi connectivity index (χ3v) is 5.10. The monoisotopic (exact) mass is 247 g/mol. The summed E-state index contributed by atoms with van der Waals surface area (Å²) >= 11 is 0. The summed E-state index contributed by atoms with van der Waals surface area (Å²) in [6, 6.07) is 0.818. The van der Waals surface area contributed by atoms with Gasteiger partial charge in [0.25, 0.3) is 0 Å². The summed E-state index contributed by atoms with van der Waals surface area (Å²) in [5, 5.41) is 0. The van der Waals surface area contributed by atoms with Gasteiger partial charge in [-0.05, 0) is 27.2 Å². The topological polar surface area (TPSA) is 53.7 Å². The van der Waals surface area contributed by atoms with Crippen LogP contribution in [0.2, 0.25) is 6.04 Å². The molecule has 5 heteroatoms. The average Bonchev–Trinajstić information content (AvgIpc) is 2.26. The van der Waals surface area contributed by atoms with E-state index in [0.29, 0.717) is 26.4 Å². The molecule has 0 heterocycles. The Hall–Kier alpha value is -0.203. The van der Waals surface area contributed by atoms with Gasteiger partial charge in [-0.1, -0.05) is 12.2 Å². The van der Waals surface area contributed by atoms with Crippen molar-refractivity contribution < 1.29 is 13.3 Å². The van der Waals surface area contributed by atoms with Gasteiger partial charge < -0.3 is 19.0 Å². The second-order valence-electron chi connectivity index (χ2n) is 3.23. The molecule has 0 aliphatic heterocycles. The van der Waals surface area contributed by atoms with Gasteiger partial charge in [0, 0.05) is 32.4 Å². The minimum absolute atomic E-state index is 0.576. The van der Waals surface area contributed by atoms with Gasteiger partial charge in [-0.15, -0.1) is 0 Å². The van der Waals surface area contributed by atoms with Gasteiger partial charge in [-0.25, -0.2) is 0 Å². The van der Waals surface area contributed by atoms with E-state index in [1.165, 1.54) is 0 Å². The maximum absolute atomic E-state index is 5.72. The maximum Gasteiger partial charge on any atom is 0.501 e. The van der Waals surface area contributed by atoms with Crippen LogP contribution in [-0.2, 0) is 13.3 Å². The second-order valence-corrected chi connectivity index (χ2v) is 5.96. The zero-order valence-corrected chi connectivity index (χ0v) is 11.7. The fourth-order valence-electron chi connectivity index (χ4n) is 1.48. The Morgan fingerprint density at radius 1 is 0.938 bits per heavy atom. The smallest absolute Gasteiger partial charge is 0.374 e. The Balaban J connectivity index is 4.28. The fraction of sp³-hybridized carbons (Fsp3) is 0.818. The van der Waals surface area contributed by atoms with E-state index in [-0.39, 0.29) is 0 Å². The molecule has 0 radical (unpaired) electrons. The van der Waals surface area contributed by atoms with E-state index in [9.17, 15) is 0 Å². The van der Waals surface area contributed by atoms with Crippen molar-refractivity contribution in [3.8, 4) is 0 Å². The summed E-state index contributed by atoms with van der Waals surface area (Å²) in [7, 11) is -2.44. The molecule has 0 aromatic heterocycles. The first kappa shape index (κ1) is 15.8. The molecule has 0 bridgehead atoms. The first-order chi connectivity index (χ1) is 7.74. The zero-order chi connectivity index (χ0) is 12.3. The highest BCUT2D eigenvalue weighted by Gasteiger charge is 2.39. The van der Waals surface area contributed by atoms with Crippen molar-refractivity contribution >= 4 is 8.80 Å². The van der Waals surface area contributed by atoms with Crippen molar-refractivity contribution in [2.75, 3.05) is 26.4 Å². The van der Waals surface area contributed by atoms with E-state index in [1.54, 1.807) is 0 Å². The van der Waals surface area contributed by atoms with E-state index in [1.807, 2.05) is 26.8 Å². The van der Waals surface area contributed by atoms with E-state index in [2.05, 4.69) is 6.08 Å². The molecule has 0 spiro atoms. The Morgan fingerprint density at radius 2 is 1.44 bits per heavy atom. The Morgan fingerprint density at radius 3 is 1.81 bits per heavy atom. The normalized spacial score (nSPS) is 12.5. The molecule has 0 fully saturated rings. The third-order valence-electron chi connectivity index (χ3n) is 2.01. The summed E-state index contributed by atoms with van der Waals surface area (Å²) in [5.74, 6) is 0. The number of rotatable bonds is 10. The molecule has 16 heavy (non-hydrogen) atoms. The summed E-state index contributed by atoms with van der Waals surface area (Å²) in [6.07, 6.45) is 4.89. The molecule has 2 N–H and O–H groups in total. The quantitative estimate of drug-likeness (QED) is 0.473. The van der Waals surface area contributed by atoms with Crippen LogP contribution in [0.4, 0.5) is 0 Å². The highest BCUT2D eigenvalue weighted by Crippen LogP contribution is 2.18. The lowest BCUT2D eigenvalue weighted by Crippen LogP contribution is -2.45. The van der Waals surface area contributed by atoms with Crippen LogP contribution in [0.5, 0.6) is 0 Å². The predicted molar refractivity (Wildman–Crippen MR) is 68.3 cm³/mol. The van der Waals surface area contributed by atoms with Crippen molar-refractivity contribution in [1.29, 1.82) is 0 Å². The summed E-state index contributed by atoms with van der Waals surface area (Å²) < 4.78 is 17.2. The molecule has 0 saturated carbocycles. The molecule has 0 amide bonds. The first-order valence-corrected chi connectivity index (χ1v) is 7.94. The van der Waals surface area contributed by atoms with Crippen molar-refractivity contribution in [1.82, 2.24) is 0 Å². The van der Waals surface area contributed by atoms with E-state index in [0.717, 1.165) is 12.5 Å². The highest BCUT2D eigenvalue weighted by atomic mass is 28.4. The lowest BCUT2D eigenvalue weighted by atomic mass is 10.4. The van der Waals surface area contributed by atoms with Gasteiger partial charge in [0.15, 0.2) is 0 Å². The Bertz CT molecular complexity index is 171. The van der Waals surface area contributed by atoms with E-state index in [4.69, 9.17) is 19.0 Å². The van der Waals surface area contributed by atoms with Crippen LogP contribution in [-0.4, -0.2) is 35.2 Å². The van der Waals surface area contributed by atoms with E-state index >= 15 is 0 Å². The van der Waals surface area contributed by atoms with Crippen LogP contribution in [0, 0.1) is 0 Å². The largest absolute Gasteiger partial charge is 0.501 e. The molecule has 4 nitrogen and oxygen atoms in total. The molecule has 0 aromatic carbocycles. The SMILES string of the molecule is CCO[Si](CCC=CCN)(OCC)OCC. The zero-order valence-electron chi connectivity index (χ0n) is 10.7. The molecule has 0 aliphatic rings. The minimum Gasteiger partial charge on any atom is -0.374 e. The van der Waals surface area contributed by atoms with Gasteiger partial charge >= 0.3 is 8.80 Å². The lowest BCUT2D eigenvalue weighted by Gasteiger charge is -2.28.